The minimum atomic E-state index is -0.789. The summed E-state index contributed by atoms with van der Waals surface area (Å²) in [4.78, 5) is 49.9. The largest absolute Gasteiger partial charge is 0.350 e. The predicted molar refractivity (Wildman–Crippen MR) is 103 cm³/mol. The Hall–Kier alpha value is -3.55. The second kappa shape index (κ2) is 7.46. The Balaban J connectivity index is 1.42. The molecular weight excluding hydrogens is 377 g/mol. The van der Waals surface area contributed by atoms with Gasteiger partial charge in [0.25, 0.3) is 11.7 Å². The summed E-state index contributed by atoms with van der Waals surface area (Å²) in [5, 5.41) is 5.38. The fraction of sp³-hybridized carbons (Fsp3) is 0.238. The molecule has 148 valence electrons. The van der Waals surface area contributed by atoms with Gasteiger partial charge < -0.3 is 10.6 Å². The minimum Gasteiger partial charge on any atom is -0.350 e. The first-order valence-corrected chi connectivity index (χ1v) is 9.24. The molecule has 2 N–H and O–H groups in total. The molecule has 1 fully saturated rings. The number of carbonyl (C=O) groups is 4. The van der Waals surface area contributed by atoms with Crippen LogP contribution in [-0.2, 0) is 20.9 Å². The topological polar surface area (TPSA) is 95.6 Å². The summed E-state index contributed by atoms with van der Waals surface area (Å²) >= 11 is 0. The molecule has 2 aromatic carbocycles. The van der Waals surface area contributed by atoms with Crippen LogP contribution in [0.4, 0.5) is 15.8 Å². The number of fused-ring (bicyclic) bond motifs is 1. The van der Waals surface area contributed by atoms with E-state index in [0.717, 1.165) is 17.7 Å². The van der Waals surface area contributed by atoms with E-state index in [1.165, 1.54) is 18.2 Å². The van der Waals surface area contributed by atoms with Gasteiger partial charge in [0, 0.05) is 18.2 Å². The van der Waals surface area contributed by atoms with E-state index in [1.54, 1.807) is 24.3 Å². The lowest BCUT2D eigenvalue weighted by Gasteiger charge is -2.16. The Morgan fingerprint density at radius 1 is 1.07 bits per heavy atom. The Kier molecular flexibility index (Phi) is 4.84. The fourth-order valence-electron chi connectivity index (χ4n) is 3.13. The number of Topliss-reactive ketones (excluding diaryl/α,β-unsaturated/α-hetero) is 1. The van der Waals surface area contributed by atoms with Crippen molar-refractivity contribution in [2.45, 2.75) is 19.4 Å². The molecule has 0 spiro atoms. The number of ketones is 1. The first kappa shape index (κ1) is 18.8. The van der Waals surface area contributed by atoms with Crippen molar-refractivity contribution in [1.29, 1.82) is 0 Å². The zero-order valence-electron chi connectivity index (χ0n) is 15.4. The van der Waals surface area contributed by atoms with Crippen LogP contribution in [0.3, 0.4) is 0 Å². The van der Waals surface area contributed by atoms with E-state index in [9.17, 15) is 23.6 Å². The van der Waals surface area contributed by atoms with Crippen molar-refractivity contribution in [3.05, 3.63) is 59.4 Å². The molecule has 2 aromatic rings. The second-order valence-electron chi connectivity index (χ2n) is 7.12. The molecule has 0 radical (unpaired) electrons. The summed E-state index contributed by atoms with van der Waals surface area (Å²) in [6.07, 6.45) is 1.71. The number of amides is 3. The molecule has 0 aromatic heterocycles. The van der Waals surface area contributed by atoms with Gasteiger partial charge in [-0.3, -0.25) is 24.1 Å². The Morgan fingerprint density at radius 3 is 2.48 bits per heavy atom. The van der Waals surface area contributed by atoms with Crippen LogP contribution in [0.1, 0.15) is 28.8 Å². The fourth-order valence-corrected chi connectivity index (χ4v) is 3.13. The average molecular weight is 395 g/mol. The molecule has 0 unspecified atom stereocenters. The van der Waals surface area contributed by atoms with Crippen molar-refractivity contribution in [3.63, 3.8) is 0 Å². The van der Waals surface area contributed by atoms with Crippen LogP contribution in [0, 0.1) is 11.7 Å². The molecule has 3 amide bonds. The van der Waals surface area contributed by atoms with Gasteiger partial charge in [-0.05, 0) is 48.7 Å². The maximum Gasteiger partial charge on any atom is 0.299 e. The molecule has 2 aliphatic rings. The maximum atomic E-state index is 12.9. The number of nitrogens with zero attached hydrogens (tertiary/aromatic N) is 1. The standard InChI is InChI=1S/C21H18FN3O4/c22-14-5-1-12(2-6-14)10-23-18(26)11-25-17-8-7-15(24-20(28)13-3-4-13)9-16(17)19(27)21(25)29/h1-2,5-9,13H,3-4,10-11H2,(H,23,26)(H,24,28). The molecule has 0 bridgehead atoms. The van der Waals surface area contributed by atoms with E-state index in [4.69, 9.17) is 0 Å². The number of benzene rings is 2. The lowest BCUT2D eigenvalue weighted by atomic mass is 10.1. The third-order valence-electron chi connectivity index (χ3n) is 4.89. The monoisotopic (exact) mass is 395 g/mol. The van der Waals surface area contributed by atoms with E-state index >= 15 is 0 Å². The zero-order valence-corrected chi connectivity index (χ0v) is 15.4. The highest BCUT2D eigenvalue weighted by atomic mass is 19.1. The molecule has 1 aliphatic heterocycles. The molecule has 7 nitrogen and oxygen atoms in total. The molecule has 29 heavy (non-hydrogen) atoms. The molecule has 4 rings (SSSR count). The summed E-state index contributed by atoms with van der Waals surface area (Å²) in [6, 6.07) is 10.3. The third-order valence-corrected chi connectivity index (χ3v) is 4.89. The van der Waals surface area contributed by atoms with E-state index in [0.29, 0.717) is 16.9 Å². The number of anilines is 2. The van der Waals surface area contributed by atoms with Gasteiger partial charge in [-0.25, -0.2) is 4.39 Å². The molecule has 0 saturated heterocycles. The van der Waals surface area contributed by atoms with Gasteiger partial charge in [0.1, 0.15) is 12.4 Å². The molecule has 8 heteroatoms. The highest BCUT2D eigenvalue weighted by Gasteiger charge is 2.37. The van der Waals surface area contributed by atoms with Crippen molar-refractivity contribution in [1.82, 2.24) is 5.32 Å². The number of hydrogen-bond acceptors (Lipinski definition) is 4. The van der Waals surface area contributed by atoms with Gasteiger partial charge >= 0.3 is 0 Å². The zero-order chi connectivity index (χ0) is 20.5. The maximum absolute atomic E-state index is 12.9. The van der Waals surface area contributed by atoms with Gasteiger partial charge in [-0.1, -0.05) is 12.1 Å². The van der Waals surface area contributed by atoms with Gasteiger partial charge in [0.2, 0.25) is 11.8 Å². The third kappa shape index (κ3) is 4.01. The van der Waals surface area contributed by atoms with Gasteiger partial charge in [0.15, 0.2) is 0 Å². The number of rotatable bonds is 6. The molecule has 1 aliphatic carbocycles. The van der Waals surface area contributed by atoms with E-state index in [-0.39, 0.29) is 36.3 Å². The number of carbonyl (C=O) groups excluding carboxylic acids is 4. The van der Waals surface area contributed by atoms with Gasteiger partial charge in [-0.15, -0.1) is 0 Å². The number of hydrogen-bond donors (Lipinski definition) is 2. The highest BCUT2D eigenvalue weighted by Crippen LogP contribution is 2.33. The van der Waals surface area contributed by atoms with Gasteiger partial charge in [0.05, 0.1) is 11.3 Å². The quantitative estimate of drug-likeness (QED) is 0.732. The van der Waals surface area contributed by atoms with Crippen LogP contribution in [0.25, 0.3) is 0 Å². The van der Waals surface area contributed by atoms with E-state index in [2.05, 4.69) is 10.6 Å². The summed E-state index contributed by atoms with van der Waals surface area (Å²) in [5.41, 5.74) is 1.65. The lowest BCUT2D eigenvalue weighted by molar-refractivity contribution is -0.122. The summed E-state index contributed by atoms with van der Waals surface area (Å²) in [5.74, 6) is -2.41. The Labute approximate surface area is 165 Å². The first-order valence-electron chi connectivity index (χ1n) is 9.24. The minimum absolute atomic E-state index is 0.0156. The van der Waals surface area contributed by atoms with Crippen molar-refractivity contribution in [2.24, 2.45) is 5.92 Å². The molecular formula is C21H18FN3O4. The normalized spacial score (nSPS) is 15.3. The van der Waals surface area contributed by atoms with Crippen molar-refractivity contribution >= 4 is 34.9 Å². The number of halogens is 1. The average Bonchev–Trinajstić information content (AvgIpc) is 3.53. The first-order chi connectivity index (χ1) is 13.9. The smallest absolute Gasteiger partial charge is 0.299 e. The Morgan fingerprint density at radius 2 is 1.79 bits per heavy atom. The molecule has 1 saturated carbocycles. The number of nitrogens with one attached hydrogen (secondary N) is 2. The van der Waals surface area contributed by atoms with E-state index in [1.807, 2.05) is 0 Å². The van der Waals surface area contributed by atoms with Crippen molar-refractivity contribution in [3.8, 4) is 0 Å². The van der Waals surface area contributed by atoms with E-state index < -0.39 is 17.6 Å². The summed E-state index contributed by atoms with van der Waals surface area (Å²) in [7, 11) is 0. The molecule has 1 heterocycles. The SMILES string of the molecule is O=C(CN1C(=O)C(=O)c2cc(NC(=O)C3CC3)ccc21)NCc1ccc(F)cc1. The van der Waals surface area contributed by atoms with Crippen molar-refractivity contribution < 1.29 is 23.6 Å². The van der Waals surface area contributed by atoms with Crippen LogP contribution in [0.2, 0.25) is 0 Å². The van der Waals surface area contributed by atoms with Crippen LogP contribution >= 0.6 is 0 Å². The lowest BCUT2D eigenvalue weighted by Crippen LogP contribution is -2.39. The summed E-state index contributed by atoms with van der Waals surface area (Å²) < 4.78 is 12.9. The highest BCUT2D eigenvalue weighted by molar-refractivity contribution is 6.52. The predicted octanol–water partition coefficient (Wildman–Crippen LogP) is 2.02. The van der Waals surface area contributed by atoms with Crippen LogP contribution < -0.4 is 15.5 Å². The van der Waals surface area contributed by atoms with Crippen LogP contribution in [-0.4, -0.2) is 30.0 Å². The molecule has 0 atom stereocenters. The second-order valence-corrected chi connectivity index (χ2v) is 7.12. The van der Waals surface area contributed by atoms with Crippen LogP contribution in [0.5, 0.6) is 0 Å². The summed E-state index contributed by atoms with van der Waals surface area (Å²) in [6.45, 7) is -0.138. The van der Waals surface area contributed by atoms with Gasteiger partial charge in [-0.2, -0.15) is 0 Å². The Bertz CT molecular complexity index is 1020. The van der Waals surface area contributed by atoms with Crippen molar-refractivity contribution in [2.75, 3.05) is 16.8 Å². The van der Waals surface area contributed by atoms with Crippen LogP contribution in [0.15, 0.2) is 42.5 Å².